The summed E-state index contributed by atoms with van der Waals surface area (Å²) in [5.41, 5.74) is 1.97. The molecule has 1 atom stereocenters. The van der Waals surface area contributed by atoms with Crippen molar-refractivity contribution in [1.29, 1.82) is 0 Å². The van der Waals surface area contributed by atoms with Gasteiger partial charge in [-0.2, -0.15) is 0 Å². The topological polar surface area (TPSA) is 44.4 Å². The van der Waals surface area contributed by atoms with Crippen LogP contribution in [0.4, 0.5) is 5.69 Å². The van der Waals surface area contributed by atoms with Gasteiger partial charge in [0.05, 0.1) is 6.54 Å². The van der Waals surface area contributed by atoms with E-state index in [9.17, 15) is 4.79 Å². The SMILES string of the molecule is Cc1cc(NC(=O)CN2CCN[C@H](C)C2)ccc1Br. The van der Waals surface area contributed by atoms with E-state index in [-0.39, 0.29) is 5.91 Å². The van der Waals surface area contributed by atoms with Crippen LogP contribution in [0.5, 0.6) is 0 Å². The normalized spacial score (nSPS) is 20.3. The molecule has 0 aromatic heterocycles. The molecule has 1 aromatic carbocycles. The highest BCUT2D eigenvalue weighted by Gasteiger charge is 2.17. The van der Waals surface area contributed by atoms with Gasteiger partial charge in [-0.15, -0.1) is 0 Å². The second-order valence-corrected chi connectivity index (χ2v) is 5.96. The van der Waals surface area contributed by atoms with E-state index in [1.165, 1.54) is 0 Å². The summed E-state index contributed by atoms with van der Waals surface area (Å²) in [6.07, 6.45) is 0. The van der Waals surface area contributed by atoms with Crippen LogP contribution in [0.15, 0.2) is 22.7 Å². The minimum atomic E-state index is 0.0517. The third-order valence-electron chi connectivity index (χ3n) is 3.26. The molecule has 0 radical (unpaired) electrons. The number of halogens is 1. The van der Waals surface area contributed by atoms with E-state index in [2.05, 4.69) is 38.4 Å². The van der Waals surface area contributed by atoms with Crippen LogP contribution in [0.2, 0.25) is 0 Å². The maximum atomic E-state index is 12.0. The van der Waals surface area contributed by atoms with Crippen molar-refractivity contribution in [2.24, 2.45) is 0 Å². The number of hydrogen-bond donors (Lipinski definition) is 2. The number of nitrogens with zero attached hydrogens (tertiary/aromatic N) is 1. The molecule has 1 aliphatic rings. The Labute approximate surface area is 122 Å². The molecule has 1 fully saturated rings. The van der Waals surface area contributed by atoms with Crippen molar-refractivity contribution in [2.75, 3.05) is 31.5 Å². The average Bonchev–Trinajstić information content (AvgIpc) is 2.34. The Morgan fingerprint density at radius 3 is 3.05 bits per heavy atom. The third kappa shape index (κ3) is 4.30. The van der Waals surface area contributed by atoms with Crippen LogP contribution in [-0.2, 0) is 4.79 Å². The molecule has 1 aliphatic heterocycles. The molecule has 4 nitrogen and oxygen atoms in total. The molecule has 104 valence electrons. The summed E-state index contributed by atoms with van der Waals surface area (Å²) in [6, 6.07) is 6.30. The molecule has 1 saturated heterocycles. The Balaban J connectivity index is 1.88. The number of carbonyl (C=O) groups excluding carboxylic acids is 1. The predicted molar refractivity (Wildman–Crippen MR) is 81.4 cm³/mol. The van der Waals surface area contributed by atoms with Gasteiger partial charge in [0.2, 0.25) is 5.91 Å². The molecule has 1 heterocycles. The number of benzene rings is 1. The van der Waals surface area contributed by atoms with Crippen LogP contribution in [0.25, 0.3) is 0 Å². The van der Waals surface area contributed by atoms with Crippen LogP contribution in [0.1, 0.15) is 12.5 Å². The zero-order valence-electron chi connectivity index (χ0n) is 11.4. The van der Waals surface area contributed by atoms with Gasteiger partial charge in [0, 0.05) is 35.8 Å². The van der Waals surface area contributed by atoms with Gasteiger partial charge in [-0.3, -0.25) is 9.69 Å². The van der Waals surface area contributed by atoms with Crippen LogP contribution in [0, 0.1) is 6.92 Å². The summed E-state index contributed by atoms with van der Waals surface area (Å²) in [5.74, 6) is 0.0517. The number of anilines is 1. The summed E-state index contributed by atoms with van der Waals surface area (Å²) in [5, 5.41) is 6.32. The second-order valence-electron chi connectivity index (χ2n) is 5.10. The lowest BCUT2D eigenvalue weighted by atomic mass is 10.2. The first kappa shape index (κ1) is 14.5. The van der Waals surface area contributed by atoms with Crippen molar-refractivity contribution in [3.8, 4) is 0 Å². The fraction of sp³-hybridized carbons (Fsp3) is 0.500. The number of carbonyl (C=O) groups is 1. The molecule has 5 heteroatoms. The molecule has 19 heavy (non-hydrogen) atoms. The zero-order chi connectivity index (χ0) is 13.8. The largest absolute Gasteiger partial charge is 0.325 e. The van der Waals surface area contributed by atoms with Gasteiger partial charge in [0.1, 0.15) is 0 Å². The van der Waals surface area contributed by atoms with Crippen molar-refractivity contribution in [3.63, 3.8) is 0 Å². The first-order chi connectivity index (χ1) is 9.04. The first-order valence-electron chi connectivity index (χ1n) is 6.56. The molecule has 1 amide bonds. The van der Waals surface area contributed by atoms with E-state index in [0.717, 1.165) is 35.4 Å². The molecule has 2 N–H and O–H groups in total. The van der Waals surface area contributed by atoms with E-state index in [4.69, 9.17) is 0 Å². The van der Waals surface area contributed by atoms with E-state index >= 15 is 0 Å². The number of rotatable bonds is 3. The Kier molecular flexibility index (Phi) is 4.96. The Bertz CT molecular complexity index is 464. The molecule has 0 aliphatic carbocycles. The highest BCUT2D eigenvalue weighted by atomic mass is 79.9. The quantitative estimate of drug-likeness (QED) is 0.893. The summed E-state index contributed by atoms with van der Waals surface area (Å²) in [4.78, 5) is 14.2. The molecule has 0 bridgehead atoms. The fourth-order valence-electron chi connectivity index (χ4n) is 2.28. The monoisotopic (exact) mass is 325 g/mol. The van der Waals surface area contributed by atoms with E-state index < -0.39 is 0 Å². The molecular weight excluding hydrogens is 306 g/mol. The summed E-state index contributed by atoms with van der Waals surface area (Å²) in [7, 11) is 0. The van der Waals surface area contributed by atoms with Crippen LogP contribution >= 0.6 is 15.9 Å². The number of nitrogens with one attached hydrogen (secondary N) is 2. The lowest BCUT2D eigenvalue weighted by molar-refractivity contribution is -0.117. The van der Waals surface area contributed by atoms with Crippen molar-refractivity contribution in [3.05, 3.63) is 28.2 Å². The molecule has 0 spiro atoms. The van der Waals surface area contributed by atoms with Gasteiger partial charge >= 0.3 is 0 Å². The highest BCUT2D eigenvalue weighted by molar-refractivity contribution is 9.10. The van der Waals surface area contributed by atoms with E-state index in [1.54, 1.807) is 0 Å². The van der Waals surface area contributed by atoms with Gasteiger partial charge in [-0.25, -0.2) is 0 Å². The van der Waals surface area contributed by atoms with Crippen molar-refractivity contribution in [1.82, 2.24) is 10.2 Å². The number of hydrogen-bond acceptors (Lipinski definition) is 3. The Morgan fingerprint density at radius 2 is 2.37 bits per heavy atom. The molecular formula is C14H20BrN3O. The van der Waals surface area contributed by atoms with Gasteiger partial charge in [0.25, 0.3) is 0 Å². The minimum absolute atomic E-state index is 0.0517. The molecule has 0 saturated carbocycles. The lowest BCUT2D eigenvalue weighted by Gasteiger charge is -2.31. The maximum Gasteiger partial charge on any atom is 0.238 e. The summed E-state index contributed by atoms with van der Waals surface area (Å²) < 4.78 is 1.06. The van der Waals surface area contributed by atoms with E-state index in [1.807, 2.05) is 25.1 Å². The maximum absolute atomic E-state index is 12.0. The zero-order valence-corrected chi connectivity index (χ0v) is 13.0. The first-order valence-corrected chi connectivity index (χ1v) is 7.35. The summed E-state index contributed by atoms with van der Waals surface area (Å²) >= 11 is 3.45. The second kappa shape index (κ2) is 6.50. The minimum Gasteiger partial charge on any atom is -0.325 e. The van der Waals surface area contributed by atoms with Gasteiger partial charge in [0.15, 0.2) is 0 Å². The number of piperazine rings is 1. The smallest absolute Gasteiger partial charge is 0.238 e. The molecule has 1 aromatic rings. The molecule has 2 rings (SSSR count). The number of amides is 1. The van der Waals surface area contributed by atoms with Gasteiger partial charge < -0.3 is 10.6 Å². The Morgan fingerprint density at radius 1 is 1.58 bits per heavy atom. The highest BCUT2D eigenvalue weighted by Crippen LogP contribution is 2.19. The van der Waals surface area contributed by atoms with Crippen molar-refractivity contribution < 1.29 is 4.79 Å². The van der Waals surface area contributed by atoms with Crippen LogP contribution in [-0.4, -0.2) is 43.0 Å². The third-order valence-corrected chi connectivity index (χ3v) is 4.15. The van der Waals surface area contributed by atoms with Gasteiger partial charge in [-0.1, -0.05) is 15.9 Å². The Hall–Kier alpha value is -0.910. The van der Waals surface area contributed by atoms with Crippen LogP contribution in [0.3, 0.4) is 0 Å². The summed E-state index contributed by atoms with van der Waals surface area (Å²) in [6.45, 7) is 7.41. The van der Waals surface area contributed by atoms with Crippen molar-refractivity contribution in [2.45, 2.75) is 19.9 Å². The number of aryl methyl sites for hydroxylation is 1. The molecule has 0 unspecified atom stereocenters. The van der Waals surface area contributed by atoms with Gasteiger partial charge in [-0.05, 0) is 37.6 Å². The standard InChI is InChI=1S/C14H20BrN3O/c1-10-7-12(3-4-13(10)15)17-14(19)9-18-6-5-16-11(2)8-18/h3-4,7,11,16H,5-6,8-9H2,1-2H3,(H,17,19)/t11-/m1/s1. The van der Waals surface area contributed by atoms with E-state index in [0.29, 0.717) is 12.6 Å². The average molecular weight is 326 g/mol. The van der Waals surface area contributed by atoms with Crippen LogP contribution < -0.4 is 10.6 Å². The van der Waals surface area contributed by atoms with Crippen molar-refractivity contribution >= 4 is 27.5 Å². The lowest BCUT2D eigenvalue weighted by Crippen LogP contribution is -2.51. The fourth-order valence-corrected chi connectivity index (χ4v) is 2.53. The predicted octanol–water partition coefficient (Wildman–Crippen LogP) is 1.99.